The summed E-state index contributed by atoms with van der Waals surface area (Å²) in [7, 11) is -3.95. The SMILES string of the molecule is Cc1cnc2c(S(=O)(=O)NNC(=O)c3ccc(Br)s3)cccc2c1. The van der Waals surface area contributed by atoms with Crippen LogP contribution >= 0.6 is 27.3 Å². The number of hydrazine groups is 1. The van der Waals surface area contributed by atoms with E-state index in [4.69, 9.17) is 0 Å². The third-order valence-electron chi connectivity index (χ3n) is 3.20. The van der Waals surface area contributed by atoms with Gasteiger partial charge in [0, 0.05) is 11.6 Å². The smallest absolute Gasteiger partial charge is 0.273 e. The highest BCUT2D eigenvalue weighted by Crippen LogP contribution is 2.23. The van der Waals surface area contributed by atoms with Crippen molar-refractivity contribution in [2.75, 3.05) is 0 Å². The van der Waals surface area contributed by atoms with Gasteiger partial charge in [-0.25, -0.2) is 8.42 Å². The number of nitrogens with one attached hydrogen (secondary N) is 2. The molecule has 9 heteroatoms. The maximum atomic E-state index is 12.5. The summed E-state index contributed by atoms with van der Waals surface area (Å²) in [5.74, 6) is -0.529. The number of rotatable bonds is 4. The van der Waals surface area contributed by atoms with E-state index < -0.39 is 15.9 Å². The minimum absolute atomic E-state index is 0.00709. The second-order valence-electron chi connectivity index (χ2n) is 5.00. The normalized spacial score (nSPS) is 11.6. The van der Waals surface area contributed by atoms with Crippen LogP contribution in [0.1, 0.15) is 15.2 Å². The summed E-state index contributed by atoms with van der Waals surface area (Å²) in [6, 6.07) is 10.0. The van der Waals surface area contributed by atoms with Gasteiger partial charge in [0.2, 0.25) is 0 Å². The highest BCUT2D eigenvalue weighted by Gasteiger charge is 2.20. The standard InChI is InChI=1S/C15H12BrN3O3S2/c1-9-7-10-3-2-4-12(14(10)17-8-9)24(21,22)19-18-15(20)11-5-6-13(16)23-11/h2-8,19H,1H3,(H,18,20). The average molecular weight is 426 g/mol. The molecule has 3 rings (SSSR count). The number of halogens is 1. The quantitative estimate of drug-likeness (QED) is 0.628. The summed E-state index contributed by atoms with van der Waals surface area (Å²) in [6.07, 6.45) is 1.60. The van der Waals surface area contributed by atoms with E-state index in [1.165, 1.54) is 17.4 Å². The van der Waals surface area contributed by atoms with Crippen molar-refractivity contribution in [3.8, 4) is 0 Å². The Labute approximate surface area is 151 Å². The Morgan fingerprint density at radius 2 is 2.04 bits per heavy atom. The van der Waals surface area contributed by atoms with Gasteiger partial charge < -0.3 is 0 Å². The molecule has 0 aliphatic carbocycles. The average Bonchev–Trinajstić information content (AvgIpc) is 2.98. The maximum absolute atomic E-state index is 12.5. The number of para-hydroxylation sites is 1. The van der Waals surface area contributed by atoms with E-state index in [0.29, 0.717) is 15.8 Å². The van der Waals surface area contributed by atoms with Crippen LogP contribution in [0.2, 0.25) is 0 Å². The molecular formula is C15H12BrN3O3S2. The van der Waals surface area contributed by atoms with E-state index in [2.05, 4.69) is 31.2 Å². The van der Waals surface area contributed by atoms with Crippen molar-refractivity contribution in [3.05, 3.63) is 56.8 Å². The van der Waals surface area contributed by atoms with Crippen molar-refractivity contribution in [1.29, 1.82) is 0 Å². The van der Waals surface area contributed by atoms with Crippen LogP contribution in [-0.4, -0.2) is 19.3 Å². The van der Waals surface area contributed by atoms with Gasteiger partial charge in [0.15, 0.2) is 0 Å². The van der Waals surface area contributed by atoms with Crippen LogP contribution in [0.4, 0.5) is 0 Å². The Bertz CT molecular complexity index is 1030. The van der Waals surface area contributed by atoms with Gasteiger partial charge in [-0.1, -0.05) is 12.1 Å². The Kier molecular flexibility index (Phi) is 4.68. The lowest BCUT2D eigenvalue weighted by atomic mass is 10.2. The second-order valence-corrected chi connectivity index (χ2v) is 9.12. The number of nitrogens with zero attached hydrogens (tertiary/aromatic N) is 1. The number of benzene rings is 1. The molecule has 2 N–H and O–H groups in total. The molecular weight excluding hydrogens is 414 g/mol. The van der Waals surface area contributed by atoms with Crippen LogP contribution in [0.15, 0.2) is 51.3 Å². The number of fused-ring (bicyclic) bond motifs is 1. The van der Waals surface area contributed by atoms with Gasteiger partial charge in [-0.05, 0) is 52.7 Å². The maximum Gasteiger partial charge on any atom is 0.276 e. The number of aryl methyl sites for hydroxylation is 1. The first-order chi connectivity index (χ1) is 11.4. The van der Waals surface area contributed by atoms with E-state index in [1.54, 1.807) is 30.5 Å². The van der Waals surface area contributed by atoms with Crippen molar-refractivity contribution >= 4 is 54.1 Å². The Morgan fingerprint density at radius 3 is 2.75 bits per heavy atom. The predicted molar refractivity (Wildman–Crippen MR) is 96.3 cm³/mol. The summed E-state index contributed by atoms with van der Waals surface area (Å²) >= 11 is 4.46. The highest BCUT2D eigenvalue weighted by atomic mass is 79.9. The first kappa shape index (κ1) is 17.0. The highest BCUT2D eigenvalue weighted by molar-refractivity contribution is 9.11. The van der Waals surface area contributed by atoms with Crippen molar-refractivity contribution < 1.29 is 13.2 Å². The van der Waals surface area contributed by atoms with Gasteiger partial charge in [-0.15, -0.1) is 16.2 Å². The zero-order valence-corrected chi connectivity index (χ0v) is 15.6. The summed E-state index contributed by atoms with van der Waals surface area (Å²) in [5.41, 5.74) is 3.49. The number of aromatic nitrogens is 1. The van der Waals surface area contributed by atoms with Crippen molar-refractivity contribution in [1.82, 2.24) is 15.2 Å². The van der Waals surface area contributed by atoms with E-state index >= 15 is 0 Å². The molecule has 0 bridgehead atoms. The van der Waals surface area contributed by atoms with Crippen LogP contribution in [0, 0.1) is 6.92 Å². The molecule has 6 nitrogen and oxygen atoms in total. The van der Waals surface area contributed by atoms with Gasteiger partial charge in [-0.3, -0.25) is 15.2 Å². The van der Waals surface area contributed by atoms with Crippen LogP contribution in [0.5, 0.6) is 0 Å². The number of carbonyl (C=O) groups excluding carboxylic acids is 1. The monoisotopic (exact) mass is 425 g/mol. The second kappa shape index (κ2) is 6.60. The fraction of sp³-hybridized carbons (Fsp3) is 0.0667. The summed E-state index contributed by atoms with van der Waals surface area (Å²) in [4.78, 5) is 18.7. The number of hydrogen-bond acceptors (Lipinski definition) is 5. The molecule has 0 fully saturated rings. The number of sulfonamides is 1. The molecule has 1 aromatic carbocycles. The first-order valence-corrected chi connectivity index (χ1v) is 9.89. The summed E-state index contributed by atoms with van der Waals surface area (Å²) in [5, 5.41) is 0.714. The third kappa shape index (κ3) is 3.48. The topological polar surface area (TPSA) is 88.2 Å². The first-order valence-electron chi connectivity index (χ1n) is 6.80. The lowest BCUT2D eigenvalue weighted by Gasteiger charge is -2.10. The Morgan fingerprint density at radius 1 is 1.25 bits per heavy atom. The van der Waals surface area contributed by atoms with E-state index in [0.717, 1.165) is 9.35 Å². The minimum Gasteiger partial charge on any atom is -0.273 e. The van der Waals surface area contributed by atoms with Crippen molar-refractivity contribution in [2.24, 2.45) is 0 Å². The molecule has 124 valence electrons. The summed E-state index contributed by atoms with van der Waals surface area (Å²) < 4.78 is 25.8. The molecule has 0 unspecified atom stereocenters. The summed E-state index contributed by atoms with van der Waals surface area (Å²) in [6.45, 7) is 1.88. The molecule has 1 amide bonds. The number of thiophene rings is 1. The van der Waals surface area contributed by atoms with Crippen LogP contribution in [0.25, 0.3) is 10.9 Å². The number of pyridine rings is 1. The largest absolute Gasteiger partial charge is 0.276 e. The molecule has 0 atom stereocenters. The molecule has 0 radical (unpaired) electrons. The molecule has 0 aliphatic heterocycles. The lowest BCUT2D eigenvalue weighted by Crippen LogP contribution is -2.41. The van der Waals surface area contributed by atoms with E-state index in [-0.39, 0.29) is 4.90 Å². The number of carbonyl (C=O) groups is 1. The molecule has 24 heavy (non-hydrogen) atoms. The van der Waals surface area contributed by atoms with Gasteiger partial charge >= 0.3 is 0 Å². The van der Waals surface area contributed by atoms with Crippen LogP contribution in [-0.2, 0) is 10.0 Å². The molecule has 3 aromatic rings. The van der Waals surface area contributed by atoms with Crippen LogP contribution < -0.4 is 10.3 Å². The predicted octanol–water partition coefficient (Wildman–Crippen LogP) is 2.99. The van der Waals surface area contributed by atoms with Gasteiger partial charge in [0.1, 0.15) is 4.90 Å². The number of hydrogen-bond donors (Lipinski definition) is 2. The molecule has 0 saturated carbocycles. The Balaban J connectivity index is 1.87. The lowest BCUT2D eigenvalue weighted by molar-refractivity contribution is 0.0949. The van der Waals surface area contributed by atoms with Gasteiger partial charge in [0.25, 0.3) is 15.9 Å². The molecule has 0 aliphatic rings. The van der Waals surface area contributed by atoms with Crippen molar-refractivity contribution in [2.45, 2.75) is 11.8 Å². The third-order valence-corrected chi connectivity index (χ3v) is 6.10. The van der Waals surface area contributed by atoms with E-state index in [1.807, 2.05) is 13.0 Å². The molecule has 0 saturated heterocycles. The van der Waals surface area contributed by atoms with Gasteiger partial charge in [0.05, 0.1) is 14.2 Å². The van der Waals surface area contributed by atoms with E-state index in [9.17, 15) is 13.2 Å². The fourth-order valence-corrected chi connectivity index (χ4v) is 4.43. The number of amides is 1. The van der Waals surface area contributed by atoms with Crippen molar-refractivity contribution in [3.63, 3.8) is 0 Å². The fourth-order valence-electron chi connectivity index (χ4n) is 2.13. The zero-order chi connectivity index (χ0) is 17.3. The Hall–Kier alpha value is -1.81. The molecule has 0 spiro atoms. The van der Waals surface area contributed by atoms with Gasteiger partial charge in [-0.2, -0.15) is 0 Å². The van der Waals surface area contributed by atoms with Crippen LogP contribution in [0.3, 0.4) is 0 Å². The minimum atomic E-state index is -3.95. The molecule has 2 aromatic heterocycles. The zero-order valence-electron chi connectivity index (χ0n) is 12.4. The molecule has 2 heterocycles.